The summed E-state index contributed by atoms with van der Waals surface area (Å²) >= 11 is 12.4. The van der Waals surface area contributed by atoms with E-state index in [9.17, 15) is 18.0 Å². The summed E-state index contributed by atoms with van der Waals surface area (Å²) in [6.07, 6.45) is 0.199. The zero-order valence-electron chi connectivity index (χ0n) is 24.5. The van der Waals surface area contributed by atoms with Gasteiger partial charge in [-0.25, -0.2) is 8.42 Å². The van der Waals surface area contributed by atoms with Crippen LogP contribution in [0.2, 0.25) is 10.0 Å². The fourth-order valence-corrected chi connectivity index (χ4v) is 6.42. The summed E-state index contributed by atoms with van der Waals surface area (Å²) in [5.74, 6) is -0.805. The van der Waals surface area contributed by atoms with E-state index in [1.54, 1.807) is 42.5 Å². The highest BCUT2D eigenvalue weighted by atomic mass is 35.5. The van der Waals surface area contributed by atoms with Crippen molar-refractivity contribution in [2.24, 2.45) is 0 Å². The second kappa shape index (κ2) is 14.6. The predicted octanol–water partition coefficient (Wildman–Crippen LogP) is 5.89. The van der Waals surface area contributed by atoms with Gasteiger partial charge in [-0.3, -0.25) is 13.9 Å². The maximum atomic E-state index is 14.4. The van der Waals surface area contributed by atoms with Crippen LogP contribution < -0.4 is 14.4 Å². The number of likely N-dealkylation sites (N-methyl/N-ethyl adjacent to an activating group) is 1. The van der Waals surface area contributed by atoms with Gasteiger partial charge in [-0.1, -0.05) is 83.4 Å². The van der Waals surface area contributed by atoms with E-state index in [0.29, 0.717) is 10.6 Å². The summed E-state index contributed by atoms with van der Waals surface area (Å²) in [5, 5.41) is 3.43. The molecule has 0 aliphatic rings. The average Bonchev–Trinajstić information content (AvgIpc) is 3.02. The quantitative estimate of drug-likeness (QED) is 0.206. The molecular weight excluding hydrogens is 621 g/mol. The second-order valence-corrected chi connectivity index (χ2v) is 12.8. The van der Waals surface area contributed by atoms with E-state index in [0.717, 1.165) is 15.4 Å². The number of methoxy groups -OCH3 is 1. The van der Waals surface area contributed by atoms with E-state index >= 15 is 0 Å². The summed E-state index contributed by atoms with van der Waals surface area (Å²) in [7, 11) is -1.41. The van der Waals surface area contributed by atoms with Crippen LogP contribution in [0, 0.1) is 6.92 Å². The van der Waals surface area contributed by atoms with Gasteiger partial charge in [0.1, 0.15) is 18.3 Å². The van der Waals surface area contributed by atoms with Crippen molar-refractivity contribution in [3.8, 4) is 5.75 Å². The van der Waals surface area contributed by atoms with E-state index in [4.69, 9.17) is 27.9 Å². The maximum absolute atomic E-state index is 14.4. The van der Waals surface area contributed by atoms with Crippen LogP contribution in [0.5, 0.6) is 5.75 Å². The highest BCUT2D eigenvalue weighted by molar-refractivity contribution is 7.92. The Morgan fingerprint density at radius 1 is 0.864 bits per heavy atom. The highest BCUT2D eigenvalue weighted by Crippen LogP contribution is 2.35. The Morgan fingerprint density at radius 2 is 1.50 bits per heavy atom. The van der Waals surface area contributed by atoms with Gasteiger partial charge >= 0.3 is 0 Å². The molecule has 0 saturated carbocycles. The SMILES string of the molecule is CNC(=O)C(Cc1ccccc1)N(Cc1ccc(Cl)cc1)C(=O)CN(c1cc(Cl)ccc1OC)S(=O)(=O)c1ccc(C)cc1. The van der Waals surface area contributed by atoms with Crippen LogP contribution >= 0.6 is 23.2 Å². The number of rotatable bonds is 12. The van der Waals surface area contributed by atoms with Gasteiger partial charge in [-0.05, 0) is 60.5 Å². The molecule has 1 unspecified atom stereocenters. The number of nitrogens with zero attached hydrogens (tertiary/aromatic N) is 2. The normalized spacial score (nSPS) is 11.8. The molecule has 0 bridgehead atoms. The third kappa shape index (κ3) is 7.91. The number of carbonyl (C=O) groups is 2. The molecule has 0 aliphatic carbocycles. The summed E-state index contributed by atoms with van der Waals surface area (Å²) in [5.41, 5.74) is 2.49. The molecule has 2 amide bonds. The Kier molecular flexibility index (Phi) is 10.9. The van der Waals surface area contributed by atoms with Crippen LogP contribution in [-0.2, 0) is 32.6 Å². The second-order valence-electron chi connectivity index (χ2n) is 10.1. The molecule has 0 saturated heterocycles. The largest absolute Gasteiger partial charge is 0.495 e. The lowest BCUT2D eigenvalue weighted by Crippen LogP contribution is -2.53. The fraction of sp³-hybridized carbons (Fsp3) is 0.212. The fourth-order valence-electron chi connectivity index (χ4n) is 4.72. The van der Waals surface area contributed by atoms with Crippen LogP contribution in [0.15, 0.2) is 102 Å². The molecule has 8 nitrogen and oxygen atoms in total. The number of ether oxygens (including phenoxy) is 1. The number of carbonyl (C=O) groups excluding carboxylic acids is 2. The topological polar surface area (TPSA) is 96.0 Å². The lowest BCUT2D eigenvalue weighted by atomic mass is 10.0. The average molecular weight is 655 g/mol. The number of benzene rings is 4. The number of anilines is 1. The molecule has 1 atom stereocenters. The summed E-state index contributed by atoms with van der Waals surface area (Å²) < 4.78 is 34.9. The third-order valence-electron chi connectivity index (χ3n) is 7.08. The van der Waals surface area contributed by atoms with E-state index in [2.05, 4.69) is 5.32 Å². The van der Waals surface area contributed by atoms with Gasteiger partial charge in [0.05, 0.1) is 17.7 Å². The predicted molar refractivity (Wildman–Crippen MR) is 174 cm³/mol. The smallest absolute Gasteiger partial charge is 0.264 e. The molecule has 0 heterocycles. The number of hydrogen-bond donors (Lipinski definition) is 1. The molecule has 4 aromatic rings. The van der Waals surface area contributed by atoms with Crippen LogP contribution in [0.1, 0.15) is 16.7 Å². The van der Waals surface area contributed by atoms with Crippen molar-refractivity contribution in [3.63, 3.8) is 0 Å². The Hall–Kier alpha value is -4.05. The van der Waals surface area contributed by atoms with Gasteiger partial charge in [0.15, 0.2) is 0 Å². The minimum Gasteiger partial charge on any atom is -0.495 e. The first kappa shape index (κ1) is 32.9. The Bertz CT molecular complexity index is 1700. The van der Waals surface area contributed by atoms with Crippen LogP contribution in [-0.4, -0.2) is 51.9 Å². The zero-order valence-corrected chi connectivity index (χ0v) is 26.9. The minimum absolute atomic E-state index is 0.0192. The van der Waals surface area contributed by atoms with Crippen molar-refractivity contribution in [3.05, 3.63) is 124 Å². The monoisotopic (exact) mass is 653 g/mol. The maximum Gasteiger partial charge on any atom is 0.264 e. The van der Waals surface area contributed by atoms with Gasteiger partial charge in [0.2, 0.25) is 11.8 Å². The Balaban J connectivity index is 1.83. The van der Waals surface area contributed by atoms with E-state index in [-0.39, 0.29) is 34.3 Å². The van der Waals surface area contributed by atoms with E-state index in [1.807, 2.05) is 37.3 Å². The molecular formula is C33H33Cl2N3O5S. The molecule has 4 rings (SSSR count). The van der Waals surface area contributed by atoms with Crippen molar-refractivity contribution >= 4 is 50.7 Å². The molecule has 11 heteroatoms. The van der Waals surface area contributed by atoms with Crippen LogP contribution in [0.25, 0.3) is 0 Å². The van der Waals surface area contributed by atoms with Crippen molar-refractivity contribution < 1.29 is 22.7 Å². The third-order valence-corrected chi connectivity index (χ3v) is 9.34. The molecule has 230 valence electrons. The number of amides is 2. The van der Waals surface area contributed by atoms with E-state index < -0.39 is 34.4 Å². The number of halogens is 2. The van der Waals surface area contributed by atoms with Crippen LogP contribution in [0.4, 0.5) is 5.69 Å². The Morgan fingerprint density at radius 3 is 2.11 bits per heavy atom. The molecule has 0 radical (unpaired) electrons. The molecule has 1 N–H and O–H groups in total. The highest BCUT2D eigenvalue weighted by Gasteiger charge is 2.35. The van der Waals surface area contributed by atoms with Gasteiger partial charge in [0, 0.05) is 30.1 Å². The molecule has 4 aromatic carbocycles. The van der Waals surface area contributed by atoms with Crippen LogP contribution in [0.3, 0.4) is 0 Å². The number of hydrogen-bond acceptors (Lipinski definition) is 5. The summed E-state index contributed by atoms with van der Waals surface area (Å²) in [6, 6.07) is 26.1. The van der Waals surface area contributed by atoms with Crippen molar-refractivity contribution in [1.29, 1.82) is 0 Å². The van der Waals surface area contributed by atoms with Gasteiger partial charge in [0.25, 0.3) is 10.0 Å². The number of sulfonamides is 1. The lowest BCUT2D eigenvalue weighted by Gasteiger charge is -2.34. The lowest BCUT2D eigenvalue weighted by molar-refractivity contribution is -0.139. The van der Waals surface area contributed by atoms with Crippen molar-refractivity contribution in [1.82, 2.24) is 10.2 Å². The zero-order chi connectivity index (χ0) is 31.9. The van der Waals surface area contributed by atoms with Gasteiger partial charge < -0.3 is 15.0 Å². The molecule has 0 fully saturated rings. The standard InChI is InChI=1S/C33H33Cl2N3O5S/c1-23-9-16-28(17-10-23)44(41,42)38(29-20-27(35)15-18-31(29)43-3)22-32(39)37(21-25-11-13-26(34)14-12-25)30(33(40)36-2)19-24-7-5-4-6-8-24/h4-18,20,30H,19,21-22H2,1-3H3,(H,36,40). The molecule has 0 aliphatic heterocycles. The summed E-state index contributed by atoms with van der Waals surface area (Å²) in [6.45, 7) is 1.23. The molecule has 0 aromatic heterocycles. The Labute approximate surface area is 268 Å². The number of aryl methyl sites for hydroxylation is 1. The van der Waals surface area contributed by atoms with E-state index in [1.165, 1.54) is 43.3 Å². The van der Waals surface area contributed by atoms with Crippen molar-refractivity contribution in [2.45, 2.75) is 30.8 Å². The van der Waals surface area contributed by atoms with Gasteiger partial charge in [-0.15, -0.1) is 0 Å². The first-order valence-corrected chi connectivity index (χ1v) is 16.0. The summed E-state index contributed by atoms with van der Waals surface area (Å²) in [4.78, 5) is 29.1. The minimum atomic E-state index is -4.31. The van der Waals surface area contributed by atoms with Crippen molar-refractivity contribution in [2.75, 3.05) is 25.0 Å². The van der Waals surface area contributed by atoms with Gasteiger partial charge in [-0.2, -0.15) is 0 Å². The molecule has 0 spiro atoms. The first-order chi connectivity index (χ1) is 21.0. The number of nitrogens with one attached hydrogen (secondary N) is 1. The first-order valence-electron chi connectivity index (χ1n) is 13.8. The molecule has 44 heavy (non-hydrogen) atoms.